The number of benzene rings is 2. The van der Waals surface area contributed by atoms with Gasteiger partial charge in [0, 0.05) is 12.0 Å². The molecule has 1 aliphatic heterocycles. The third kappa shape index (κ3) is 3.38. The predicted molar refractivity (Wildman–Crippen MR) is 85.3 cm³/mol. The van der Waals surface area contributed by atoms with Gasteiger partial charge < -0.3 is 14.2 Å². The van der Waals surface area contributed by atoms with Crippen LogP contribution in [0.2, 0.25) is 0 Å². The van der Waals surface area contributed by atoms with Gasteiger partial charge in [-0.25, -0.2) is 0 Å². The summed E-state index contributed by atoms with van der Waals surface area (Å²) >= 11 is 0. The van der Waals surface area contributed by atoms with Gasteiger partial charge in [0.25, 0.3) is 0 Å². The van der Waals surface area contributed by atoms with E-state index in [4.69, 9.17) is 14.2 Å². The van der Waals surface area contributed by atoms with Gasteiger partial charge in [-0.2, -0.15) is 0 Å². The fourth-order valence-electron chi connectivity index (χ4n) is 2.76. The van der Waals surface area contributed by atoms with Crippen molar-refractivity contribution in [2.24, 2.45) is 0 Å². The van der Waals surface area contributed by atoms with Gasteiger partial charge in [-0.15, -0.1) is 0 Å². The van der Waals surface area contributed by atoms with Gasteiger partial charge in [0.2, 0.25) is 0 Å². The molecule has 0 aromatic heterocycles. The van der Waals surface area contributed by atoms with Crippen molar-refractivity contribution < 1.29 is 14.2 Å². The van der Waals surface area contributed by atoms with Crippen LogP contribution in [0.4, 0.5) is 0 Å². The lowest BCUT2D eigenvalue weighted by atomic mass is 10.0. The molecule has 3 rings (SSSR count). The second kappa shape index (κ2) is 7.05. The zero-order valence-corrected chi connectivity index (χ0v) is 12.9. The summed E-state index contributed by atoms with van der Waals surface area (Å²) in [6.45, 7) is 3.80. The largest absolute Gasteiger partial charge is 0.374 e. The maximum atomic E-state index is 6.17. The van der Waals surface area contributed by atoms with Gasteiger partial charge >= 0.3 is 0 Å². The molecule has 2 aromatic carbocycles. The van der Waals surface area contributed by atoms with E-state index >= 15 is 0 Å². The zero-order chi connectivity index (χ0) is 15.3. The van der Waals surface area contributed by atoms with Crippen molar-refractivity contribution in [1.82, 2.24) is 0 Å². The van der Waals surface area contributed by atoms with Crippen molar-refractivity contribution >= 4 is 0 Å². The fraction of sp³-hybridized carbons (Fsp3) is 0.368. The molecule has 0 saturated carbocycles. The SMILES string of the molecule is CCC1(c2ccccc2)OC[C@H](COCc2ccccc2)O1. The lowest BCUT2D eigenvalue weighted by Gasteiger charge is -2.27. The Hall–Kier alpha value is -1.68. The molecule has 22 heavy (non-hydrogen) atoms. The first kappa shape index (κ1) is 15.2. The Balaban J connectivity index is 1.55. The van der Waals surface area contributed by atoms with E-state index in [1.54, 1.807) is 0 Å². The first-order valence-corrected chi connectivity index (χ1v) is 7.81. The minimum Gasteiger partial charge on any atom is -0.374 e. The van der Waals surface area contributed by atoms with Gasteiger partial charge in [-0.3, -0.25) is 0 Å². The highest BCUT2D eigenvalue weighted by molar-refractivity contribution is 5.21. The zero-order valence-electron chi connectivity index (χ0n) is 12.9. The summed E-state index contributed by atoms with van der Waals surface area (Å²) in [6.07, 6.45) is 0.760. The molecule has 3 heteroatoms. The van der Waals surface area contributed by atoms with Crippen LogP contribution in [0.25, 0.3) is 0 Å². The fourth-order valence-corrected chi connectivity index (χ4v) is 2.76. The minimum atomic E-state index is -0.623. The Morgan fingerprint density at radius 3 is 2.41 bits per heavy atom. The van der Waals surface area contributed by atoms with Crippen molar-refractivity contribution in [2.45, 2.75) is 31.8 Å². The van der Waals surface area contributed by atoms with Crippen LogP contribution in [0.3, 0.4) is 0 Å². The molecular weight excluding hydrogens is 276 g/mol. The summed E-state index contributed by atoms with van der Waals surface area (Å²) in [5.41, 5.74) is 2.24. The predicted octanol–water partition coefficient (Wildman–Crippen LogP) is 3.88. The van der Waals surface area contributed by atoms with Crippen molar-refractivity contribution in [1.29, 1.82) is 0 Å². The van der Waals surface area contributed by atoms with Gasteiger partial charge in [0.1, 0.15) is 6.10 Å². The number of hydrogen-bond donors (Lipinski definition) is 0. The van der Waals surface area contributed by atoms with Crippen molar-refractivity contribution in [2.75, 3.05) is 13.2 Å². The number of rotatable bonds is 6. The summed E-state index contributed by atoms with van der Waals surface area (Å²) < 4.78 is 17.9. The third-order valence-corrected chi connectivity index (χ3v) is 3.95. The van der Waals surface area contributed by atoms with E-state index in [1.807, 2.05) is 36.4 Å². The molecule has 0 radical (unpaired) electrons. The van der Waals surface area contributed by atoms with E-state index in [0.717, 1.165) is 12.0 Å². The van der Waals surface area contributed by atoms with E-state index in [1.165, 1.54) is 5.56 Å². The summed E-state index contributed by atoms with van der Waals surface area (Å²) in [4.78, 5) is 0. The molecule has 0 amide bonds. The third-order valence-electron chi connectivity index (χ3n) is 3.95. The molecule has 1 heterocycles. The maximum absolute atomic E-state index is 6.17. The van der Waals surface area contributed by atoms with E-state index in [9.17, 15) is 0 Å². The Bertz CT molecular complexity index is 570. The molecule has 1 saturated heterocycles. The Labute approximate surface area is 131 Å². The van der Waals surface area contributed by atoms with E-state index in [-0.39, 0.29) is 6.10 Å². The first-order valence-electron chi connectivity index (χ1n) is 7.81. The summed E-state index contributed by atoms with van der Waals surface area (Å²) in [7, 11) is 0. The van der Waals surface area contributed by atoms with Crippen molar-refractivity contribution in [3.8, 4) is 0 Å². The van der Waals surface area contributed by atoms with E-state index < -0.39 is 5.79 Å². The highest BCUT2D eigenvalue weighted by atomic mass is 16.7. The standard InChI is InChI=1S/C19H22O3/c1-2-19(17-11-7-4-8-12-17)21-15-18(22-19)14-20-13-16-9-5-3-6-10-16/h3-12,18H,2,13-15H2,1H3/t18-,19?/m0/s1. The van der Waals surface area contributed by atoms with Crippen LogP contribution in [0.1, 0.15) is 24.5 Å². The average molecular weight is 298 g/mol. The second-order valence-corrected chi connectivity index (χ2v) is 5.52. The first-order chi connectivity index (χ1) is 10.8. The topological polar surface area (TPSA) is 27.7 Å². The smallest absolute Gasteiger partial charge is 0.195 e. The van der Waals surface area contributed by atoms with Crippen LogP contribution < -0.4 is 0 Å². The average Bonchev–Trinajstić information content (AvgIpc) is 3.01. The molecule has 0 spiro atoms. The molecule has 1 unspecified atom stereocenters. The highest BCUT2D eigenvalue weighted by Gasteiger charge is 2.41. The number of hydrogen-bond acceptors (Lipinski definition) is 3. The highest BCUT2D eigenvalue weighted by Crippen LogP contribution is 2.37. The van der Waals surface area contributed by atoms with Crippen LogP contribution in [0.15, 0.2) is 60.7 Å². The summed E-state index contributed by atoms with van der Waals surface area (Å²) in [6, 6.07) is 20.3. The Morgan fingerprint density at radius 2 is 1.73 bits per heavy atom. The molecule has 1 fully saturated rings. The molecular formula is C19H22O3. The normalized spacial score (nSPS) is 24.5. The Kier molecular flexibility index (Phi) is 4.88. The molecule has 1 aliphatic rings. The van der Waals surface area contributed by atoms with Crippen LogP contribution >= 0.6 is 0 Å². The van der Waals surface area contributed by atoms with Crippen LogP contribution in [-0.4, -0.2) is 19.3 Å². The van der Waals surface area contributed by atoms with Gasteiger partial charge in [-0.05, 0) is 5.56 Å². The molecule has 0 bridgehead atoms. The van der Waals surface area contributed by atoms with E-state index in [0.29, 0.717) is 19.8 Å². The summed E-state index contributed by atoms with van der Waals surface area (Å²) in [5, 5.41) is 0. The molecule has 2 atom stereocenters. The molecule has 3 nitrogen and oxygen atoms in total. The van der Waals surface area contributed by atoms with E-state index in [2.05, 4.69) is 31.2 Å². The number of ether oxygens (including phenoxy) is 3. The minimum absolute atomic E-state index is 0.0242. The molecule has 0 aliphatic carbocycles. The lowest BCUT2D eigenvalue weighted by Crippen LogP contribution is -2.28. The van der Waals surface area contributed by atoms with Crippen LogP contribution in [0.5, 0.6) is 0 Å². The molecule has 2 aromatic rings. The Morgan fingerprint density at radius 1 is 1.05 bits per heavy atom. The second-order valence-electron chi connectivity index (χ2n) is 5.52. The van der Waals surface area contributed by atoms with Crippen LogP contribution in [-0.2, 0) is 26.6 Å². The quantitative estimate of drug-likeness (QED) is 0.810. The maximum Gasteiger partial charge on any atom is 0.195 e. The summed E-state index contributed by atoms with van der Waals surface area (Å²) in [5.74, 6) is -0.623. The lowest BCUT2D eigenvalue weighted by molar-refractivity contribution is -0.184. The van der Waals surface area contributed by atoms with Gasteiger partial charge in [-0.1, -0.05) is 67.6 Å². The van der Waals surface area contributed by atoms with Crippen LogP contribution in [0, 0.1) is 0 Å². The molecule has 116 valence electrons. The van der Waals surface area contributed by atoms with Gasteiger partial charge in [0.05, 0.1) is 19.8 Å². The van der Waals surface area contributed by atoms with Crippen molar-refractivity contribution in [3.63, 3.8) is 0 Å². The van der Waals surface area contributed by atoms with Crippen molar-refractivity contribution in [3.05, 3.63) is 71.8 Å². The molecule has 0 N–H and O–H groups in total. The van der Waals surface area contributed by atoms with Gasteiger partial charge in [0.15, 0.2) is 5.79 Å². The monoisotopic (exact) mass is 298 g/mol.